The van der Waals surface area contributed by atoms with Crippen molar-refractivity contribution in [1.29, 1.82) is 0 Å². The van der Waals surface area contributed by atoms with Crippen molar-refractivity contribution in [3.8, 4) is 0 Å². The summed E-state index contributed by atoms with van der Waals surface area (Å²) in [5, 5.41) is 5.56. The smallest absolute Gasteiger partial charge is 0.251 e. The van der Waals surface area contributed by atoms with Gasteiger partial charge in [0.05, 0.1) is 6.04 Å². The van der Waals surface area contributed by atoms with Crippen molar-refractivity contribution in [3.63, 3.8) is 0 Å². The van der Waals surface area contributed by atoms with Crippen LogP contribution < -0.4 is 16.4 Å². The molecule has 1 atom stereocenters. The summed E-state index contributed by atoms with van der Waals surface area (Å²) in [5.74, 6) is -0.349. The van der Waals surface area contributed by atoms with Gasteiger partial charge < -0.3 is 16.4 Å². The molecule has 0 saturated heterocycles. The van der Waals surface area contributed by atoms with E-state index in [2.05, 4.69) is 17.6 Å². The van der Waals surface area contributed by atoms with Gasteiger partial charge in [-0.3, -0.25) is 9.59 Å². The molecule has 0 aromatic heterocycles. The minimum atomic E-state index is -0.512. The molecule has 0 spiro atoms. The molecule has 0 heterocycles. The quantitative estimate of drug-likeness (QED) is 0.687. The number of nitrogens with one attached hydrogen (secondary N) is 2. The number of hydrogen-bond donors (Lipinski definition) is 3. The van der Waals surface area contributed by atoms with Gasteiger partial charge in [0.25, 0.3) is 5.91 Å². The van der Waals surface area contributed by atoms with E-state index in [9.17, 15) is 9.59 Å². The highest BCUT2D eigenvalue weighted by Crippen LogP contribution is 2.11. The van der Waals surface area contributed by atoms with Crippen LogP contribution in [0.15, 0.2) is 24.3 Å². The number of benzene rings is 1. The third-order valence-electron chi connectivity index (χ3n) is 3.13. The van der Waals surface area contributed by atoms with Gasteiger partial charge >= 0.3 is 0 Å². The van der Waals surface area contributed by atoms with Crippen LogP contribution in [0.3, 0.4) is 0 Å². The molecule has 0 fully saturated rings. The molecule has 116 valence electrons. The average molecular weight is 291 g/mol. The van der Waals surface area contributed by atoms with Crippen molar-refractivity contribution in [2.45, 2.75) is 45.6 Å². The van der Waals surface area contributed by atoms with Crippen molar-refractivity contribution in [1.82, 2.24) is 5.32 Å². The van der Waals surface area contributed by atoms with Gasteiger partial charge in [0.2, 0.25) is 5.91 Å². The van der Waals surface area contributed by atoms with Crippen LogP contribution in [0.2, 0.25) is 0 Å². The van der Waals surface area contributed by atoms with Crippen LogP contribution >= 0.6 is 0 Å². The lowest BCUT2D eigenvalue weighted by atomic mass is 10.1. The van der Waals surface area contributed by atoms with E-state index in [0.29, 0.717) is 24.2 Å². The summed E-state index contributed by atoms with van der Waals surface area (Å²) in [5.41, 5.74) is 6.95. The number of carbonyl (C=O) groups is 2. The number of carbonyl (C=O) groups excluding carboxylic acids is 2. The SMILES string of the molecule is CCCCC(N)C(=O)Nc1cccc(C(=O)NCCC)c1. The number of nitrogens with two attached hydrogens (primary N) is 1. The lowest BCUT2D eigenvalue weighted by Crippen LogP contribution is -2.35. The summed E-state index contributed by atoms with van der Waals surface area (Å²) in [6.07, 6.45) is 3.48. The molecule has 1 aromatic rings. The van der Waals surface area contributed by atoms with E-state index in [4.69, 9.17) is 5.73 Å². The predicted molar refractivity (Wildman–Crippen MR) is 85.2 cm³/mol. The Kier molecular flexibility index (Phi) is 7.46. The molecule has 0 aliphatic carbocycles. The highest BCUT2D eigenvalue weighted by molar-refractivity contribution is 5.98. The van der Waals surface area contributed by atoms with E-state index in [1.165, 1.54) is 0 Å². The molecule has 0 saturated carbocycles. The van der Waals surface area contributed by atoms with E-state index < -0.39 is 6.04 Å². The van der Waals surface area contributed by atoms with E-state index in [-0.39, 0.29) is 11.8 Å². The van der Waals surface area contributed by atoms with Gasteiger partial charge in [0.15, 0.2) is 0 Å². The largest absolute Gasteiger partial charge is 0.352 e. The first-order valence-electron chi connectivity index (χ1n) is 7.53. The van der Waals surface area contributed by atoms with Gasteiger partial charge in [-0.1, -0.05) is 32.8 Å². The molecule has 1 rings (SSSR count). The molecule has 0 bridgehead atoms. The minimum absolute atomic E-state index is 0.136. The highest BCUT2D eigenvalue weighted by atomic mass is 16.2. The molecular formula is C16H25N3O2. The molecule has 1 aromatic carbocycles. The summed E-state index contributed by atoms with van der Waals surface area (Å²) in [6.45, 7) is 4.69. The molecular weight excluding hydrogens is 266 g/mol. The molecule has 5 nitrogen and oxygen atoms in total. The lowest BCUT2D eigenvalue weighted by molar-refractivity contribution is -0.117. The monoisotopic (exact) mass is 291 g/mol. The summed E-state index contributed by atoms with van der Waals surface area (Å²) >= 11 is 0. The first-order valence-corrected chi connectivity index (χ1v) is 7.53. The fourth-order valence-electron chi connectivity index (χ4n) is 1.87. The molecule has 0 radical (unpaired) electrons. The number of rotatable bonds is 8. The maximum absolute atomic E-state index is 11.9. The van der Waals surface area contributed by atoms with Crippen molar-refractivity contribution in [3.05, 3.63) is 29.8 Å². The third kappa shape index (κ3) is 5.95. The maximum atomic E-state index is 11.9. The summed E-state index contributed by atoms with van der Waals surface area (Å²) in [4.78, 5) is 23.8. The zero-order chi connectivity index (χ0) is 15.7. The number of anilines is 1. The second-order valence-corrected chi connectivity index (χ2v) is 5.07. The Morgan fingerprint density at radius 1 is 1.24 bits per heavy atom. The first-order chi connectivity index (χ1) is 10.1. The van der Waals surface area contributed by atoms with Crippen LogP contribution in [0.4, 0.5) is 5.69 Å². The Labute approximate surface area is 126 Å². The molecule has 2 amide bonds. The average Bonchev–Trinajstić information content (AvgIpc) is 2.50. The molecule has 21 heavy (non-hydrogen) atoms. The Morgan fingerprint density at radius 3 is 2.67 bits per heavy atom. The summed E-state index contributed by atoms with van der Waals surface area (Å²) in [7, 11) is 0. The predicted octanol–water partition coefficient (Wildman–Crippen LogP) is 2.28. The molecule has 4 N–H and O–H groups in total. The highest BCUT2D eigenvalue weighted by Gasteiger charge is 2.13. The van der Waals surface area contributed by atoms with E-state index in [1.54, 1.807) is 24.3 Å². The summed E-state index contributed by atoms with van der Waals surface area (Å²) < 4.78 is 0. The molecule has 1 unspecified atom stereocenters. The van der Waals surface area contributed by atoms with Crippen LogP contribution in [0.5, 0.6) is 0 Å². The third-order valence-corrected chi connectivity index (χ3v) is 3.13. The first kappa shape index (κ1) is 17.2. The molecule has 5 heteroatoms. The van der Waals surface area contributed by atoms with Crippen molar-refractivity contribution in [2.24, 2.45) is 5.73 Å². The minimum Gasteiger partial charge on any atom is -0.352 e. The van der Waals surface area contributed by atoms with E-state index in [1.807, 2.05) is 6.92 Å². The zero-order valence-corrected chi connectivity index (χ0v) is 12.8. The number of amides is 2. The van der Waals surface area contributed by atoms with Crippen LogP contribution in [0.25, 0.3) is 0 Å². The topological polar surface area (TPSA) is 84.2 Å². The van der Waals surface area contributed by atoms with Crippen LogP contribution in [0.1, 0.15) is 49.9 Å². The van der Waals surface area contributed by atoms with Gasteiger partial charge in [-0.2, -0.15) is 0 Å². The molecule has 0 aliphatic heterocycles. The second-order valence-electron chi connectivity index (χ2n) is 5.07. The van der Waals surface area contributed by atoms with Gasteiger partial charge in [-0.05, 0) is 31.0 Å². The Morgan fingerprint density at radius 2 is 2.00 bits per heavy atom. The van der Waals surface area contributed by atoms with Crippen LogP contribution in [-0.2, 0) is 4.79 Å². The Hall–Kier alpha value is -1.88. The van der Waals surface area contributed by atoms with Crippen LogP contribution in [0, 0.1) is 0 Å². The normalized spacial score (nSPS) is 11.8. The zero-order valence-electron chi connectivity index (χ0n) is 12.8. The lowest BCUT2D eigenvalue weighted by Gasteiger charge is -2.12. The van der Waals surface area contributed by atoms with Gasteiger partial charge in [0, 0.05) is 17.8 Å². The fourth-order valence-corrected chi connectivity index (χ4v) is 1.87. The standard InChI is InChI=1S/C16H25N3O2/c1-3-5-9-14(17)16(21)19-13-8-6-7-12(11-13)15(20)18-10-4-2/h6-8,11,14H,3-5,9-10,17H2,1-2H3,(H,18,20)(H,19,21). The Bertz CT molecular complexity index is 474. The second kappa shape index (κ2) is 9.13. The van der Waals surface area contributed by atoms with Gasteiger partial charge in [0.1, 0.15) is 0 Å². The summed E-state index contributed by atoms with van der Waals surface area (Å²) in [6, 6.07) is 6.37. The van der Waals surface area contributed by atoms with Crippen LogP contribution in [-0.4, -0.2) is 24.4 Å². The molecule has 0 aliphatic rings. The van der Waals surface area contributed by atoms with Gasteiger partial charge in [-0.15, -0.1) is 0 Å². The van der Waals surface area contributed by atoms with Crippen molar-refractivity contribution < 1.29 is 9.59 Å². The van der Waals surface area contributed by atoms with Crippen molar-refractivity contribution >= 4 is 17.5 Å². The number of hydrogen-bond acceptors (Lipinski definition) is 3. The Balaban J connectivity index is 2.63. The van der Waals surface area contributed by atoms with E-state index in [0.717, 1.165) is 19.3 Å². The number of unbranched alkanes of at least 4 members (excludes halogenated alkanes) is 1. The van der Waals surface area contributed by atoms with E-state index >= 15 is 0 Å². The fraction of sp³-hybridized carbons (Fsp3) is 0.500. The maximum Gasteiger partial charge on any atom is 0.251 e. The van der Waals surface area contributed by atoms with Gasteiger partial charge in [-0.25, -0.2) is 0 Å². The van der Waals surface area contributed by atoms with Crippen molar-refractivity contribution in [2.75, 3.05) is 11.9 Å².